The van der Waals surface area contributed by atoms with Gasteiger partial charge in [-0.2, -0.15) is 5.10 Å². The molecule has 4 nitrogen and oxygen atoms in total. The van der Waals surface area contributed by atoms with Crippen LogP contribution in [0.5, 0.6) is 5.75 Å². The number of aromatic nitrogens is 2. The first-order chi connectivity index (χ1) is 13.0. The highest BCUT2D eigenvalue weighted by Gasteiger charge is 2.17. The Morgan fingerprint density at radius 3 is 2.30 bits per heavy atom. The molecule has 0 aliphatic rings. The van der Waals surface area contributed by atoms with Crippen LogP contribution in [0, 0.1) is 13.8 Å². The highest BCUT2D eigenvalue weighted by atomic mass is 16.5. The molecule has 0 aliphatic carbocycles. The lowest BCUT2D eigenvalue weighted by Crippen LogP contribution is -2.21. The predicted molar refractivity (Wildman–Crippen MR) is 108 cm³/mol. The molecule has 0 N–H and O–H groups in total. The fourth-order valence-electron chi connectivity index (χ4n) is 3.06. The lowest BCUT2D eigenvalue weighted by molar-refractivity contribution is 0.0818. The number of ether oxygens (including phenoxy) is 1. The SMILES string of the molecule is C=C(C)Cc1c(C)nn(C(=O)COc2ccc(-c3ccccc3)cc2)c1C. The minimum Gasteiger partial charge on any atom is -0.484 e. The molecule has 0 radical (unpaired) electrons. The lowest BCUT2D eigenvalue weighted by atomic mass is 10.1. The highest BCUT2D eigenvalue weighted by Crippen LogP contribution is 2.22. The summed E-state index contributed by atoms with van der Waals surface area (Å²) in [7, 11) is 0. The van der Waals surface area contributed by atoms with Crippen LogP contribution >= 0.6 is 0 Å². The molecule has 1 aromatic heterocycles. The Morgan fingerprint density at radius 1 is 1.04 bits per heavy atom. The third-order valence-electron chi connectivity index (χ3n) is 4.48. The molecule has 0 saturated heterocycles. The van der Waals surface area contributed by atoms with E-state index >= 15 is 0 Å². The number of rotatable bonds is 6. The summed E-state index contributed by atoms with van der Waals surface area (Å²) in [6.45, 7) is 9.68. The summed E-state index contributed by atoms with van der Waals surface area (Å²) < 4.78 is 7.11. The van der Waals surface area contributed by atoms with E-state index in [1.165, 1.54) is 4.68 Å². The van der Waals surface area contributed by atoms with Crippen LogP contribution in [0.25, 0.3) is 11.1 Å². The molecule has 0 fully saturated rings. The van der Waals surface area contributed by atoms with Crippen molar-refractivity contribution in [2.45, 2.75) is 27.2 Å². The van der Waals surface area contributed by atoms with Crippen molar-refractivity contribution in [2.75, 3.05) is 6.61 Å². The Balaban J connectivity index is 1.67. The molecule has 0 saturated carbocycles. The monoisotopic (exact) mass is 360 g/mol. The Hall–Kier alpha value is -3.14. The minimum atomic E-state index is -0.185. The van der Waals surface area contributed by atoms with E-state index in [9.17, 15) is 4.79 Å². The molecule has 27 heavy (non-hydrogen) atoms. The summed E-state index contributed by atoms with van der Waals surface area (Å²) >= 11 is 0. The zero-order chi connectivity index (χ0) is 19.4. The Labute approximate surface area is 160 Å². The lowest BCUT2D eigenvalue weighted by Gasteiger charge is -2.08. The van der Waals surface area contributed by atoms with Gasteiger partial charge in [-0.3, -0.25) is 4.79 Å². The molecule has 4 heteroatoms. The number of hydrogen-bond acceptors (Lipinski definition) is 3. The number of aryl methyl sites for hydroxylation is 1. The fraction of sp³-hybridized carbons (Fsp3) is 0.217. The summed E-state index contributed by atoms with van der Waals surface area (Å²) in [4.78, 5) is 12.5. The van der Waals surface area contributed by atoms with Gasteiger partial charge in [-0.05, 0) is 50.5 Å². The van der Waals surface area contributed by atoms with E-state index in [0.717, 1.165) is 40.1 Å². The van der Waals surface area contributed by atoms with E-state index in [2.05, 4.69) is 23.8 Å². The molecule has 138 valence electrons. The smallest absolute Gasteiger partial charge is 0.284 e. The van der Waals surface area contributed by atoms with Crippen LogP contribution in [-0.2, 0) is 6.42 Å². The van der Waals surface area contributed by atoms with Crippen molar-refractivity contribution in [3.63, 3.8) is 0 Å². The number of hydrogen-bond donors (Lipinski definition) is 0. The van der Waals surface area contributed by atoms with Crippen molar-refractivity contribution in [2.24, 2.45) is 0 Å². The maximum Gasteiger partial charge on any atom is 0.284 e. The molecule has 0 amide bonds. The van der Waals surface area contributed by atoms with Crippen LogP contribution in [0.2, 0.25) is 0 Å². The maximum absolute atomic E-state index is 12.5. The first-order valence-corrected chi connectivity index (χ1v) is 8.96. The van der Waals surface area contributed by atoms with Crippen molar-refractivity contribution in [1.82, 2.24) is 9.78 Å². The van der Waals surface area contributed by atoms with Gasteiger partial charge in [0.25, 0.3) is 5.91 Å². The molecule has 1 heterocycles. The second kappa shape index (κ2) is 8.04. The fourth-order valence-corrected chi connectivity index (χ4v) is 3.06. The van der Waals surface area contributed by atoms with Crippen molar-refractivity contribution >= 4 is 5.91 Å². The average molecular weight is 360 g/mol. The topological polar surface area (TPSA) is 44.1 Å². The average Bonchev–Trinajstić information content (AvgIpc) is 2.95. The number of carbonyl (C=O) groups excluding carboxylic acids is 1. The quantitative estimate of drug-likeness (QED) is 0.581. The summed E-state index contributed by atoms with van der Waals surface area (Å²) in [5, 5.41) is 4.38. The van der Waals surface area contributed by atoms with Gasteiger partial charge in [-0.1, -0.05) is 54.6 Å². The minimum absolute atomic E-state index is 0.0564. The van der Waals surface area contributed by atoms with E-state index in [1.54, 1.807) is 0 Å². The van der Waals surface area contributed by atoms with E-state index in [1.807, 2.05) is 63.2 Å². The van der Waals surface area contributed by atoms with Crippen molar-refractivity contribution in [3.8, 4) is 16.9 Å². The van der Waals surface area contributed by atoms with Crippen molar-refractivity contribution in [3.05, 3.63) is 83.7 Å². The van der Waals surface area contributed by atoms with Gasteiger partial charge >= 0.3 is 0 Å². The van der Waals surface area contributed by atoms with Gasteiger partial charge in [0.15, 0.2) is 6.61 Å². The Kier molecular flexibility index (Phi) is 5.55. The van der Waals surface area contributed by atoms with Crippen LogP contribution in [0.3, 0.4) is 0 Å². The molecular formula is C23H24N2O2. The molecule has 0 unspecified atom stereocenters. The predicted octanol–water partition coefficient (Wildman–Crippen LogP) is 5.00. The first-order valence-electron chi connectivity index (χ1n) is 8.96. The molecule has 0 atom stereocenters. The molecule has 3 aromatic rings. The molecule has 0 aliphatic heterocycles. The van der Waals surface area contributed by atoms with E-state index in [0.29, 0.717) is 5.75 Å². The molecule has 2 aromatic carbocycles. The Bertz CT molecular complexity index is 954. The summed E-state index contributed by atoms with van der Waals surface area (Å²) in [5.74, 6) is 0.474. The molecular weight excluding hydrogens is 336 g/mol. The summed E-state index contributed by atoms with van der Waals surface area (Å²) in [5.41, 5.74) is 6.07. The number of nitrogens with zero attached hydrogens (tertiary/aromatic N) is 2. The van der Waals surface area contributed by atoms with Gasteiger partial charge in [0.2, 0.25) is 0 Å². The van der Waals surface area contributed by atoms with Gasteiger partial charge in [0.05, 0.1) is 5.69 Å². The van der Waals surface area contributed by atoms with Gasteiger partial charge in [-0.15, -0.1) is 0 Å². The van der Waals surface area contributed by atoms with Crippen LogP contribution in [-0.4, -0.2) is 22.3 Å². The van der Waals surface area contributed by atoms with E-state index in [-0.39, 0.29) is 12.5 Å². The van der Waals surface area contributed by atoms with Gasteiger partial charge in [0.1, 0.15) is 5.75 Å². The van der Waals surface area contributed by atoms with Gasteiger partial charge in [0, 0.05) is 11.3 Å². The second-order valence-corrected chi connectivity index (χ2v) is 6.77. The largest absolute Gasteiger partial charge is 0.484 e. The summed E-state index contributed by atoms with van der Waals surface area (Å²) in [6.07, 6.45) is 0.729. The molecule has 0 bridgehead atoms. The van der Waals surface area contributed by atoms with Crippen LogP contribution in [0.4, 0.5) is 0 Å². The first kappa shape index (κ1) is 18.6. The van der Waals surface area contributed by atoms with Gasteiger partial charge < -0.3 is 4.74 Å². The maximum atomic E-state index is 12.5. The number of carbonyl (C=O) groups is 1. The van der Waals surface area contributed by atoms with E-state index in [4.69, 9.17) is 4.74 Å². The zero-order valence-corrected chi connectivity index (χ0v) is 16.0. The van der Waals surface area contributed by atoms with E-state index < -0.39 is 0 Å². The standard InChI is InChI=1S/C23H24N2O2/c1-16(2)14-22-17(3)24-25(18(22)4)23(26)15-27-21-12-10-20(11-13-21)19-8-6-5-7-9-19/h5-13H,1,14-15H2,2-4H3. The van der Waals surface area contributed by atoms with Crippen LogP contribution in [0.15, 0.2) is 66.7 Å². The third-order valence-corrected chi connectivity index (χ3v) is 4.48. The number of benzene rings is 2. The Morgan fingerprint density at radius 2 is 1.67 bits per heavy atom. The van der Waals surface area contributed by atoms with Crippen molar-refractivity contribution < 1.29 is 9.53 Å². The highest BCUT2D eigenvalue weighted by molar-refractivity contribution is 5.80. The van der Waals surface area contributed by atoms with Gasteiger partial charge in [-0.25, -0.2) is 4.68 Å². The van der Waals surface area contributed by atoms with Crippen LogP contribution in [0.1, 0.15) is 28.7 Å². The normalized spacial score (nSPS) is 10.6. The molecule has 3 rings (SSSR count). The van der Waals surface area contributed by atoms with Crippen molar-refractivity contribution in [1.29, 1.82) is 0 Å². The zero-order valence-electron chi connectivity index (χ0n) is 16.0. The van der Waals surface area contributed by atoms with Crippen LogP contribution < -0.4 is 4.74 Å². The second-order valence-electron chi connectivity index (χ2n) is 6.77. The summed E-state index contributed by atoms with van der Waals surface area (Å²) in [6, 6.07) is 17.9. The number of allylic oxidation sites excluding steroid dienone is 1. The molecule has 0 spiro atoms. The third kappa shape index (κ3) is 4.34.